The zero-order chi connectivity index (χ0) is 22.8. The van der Waals surface area contributed by atoms with Gasteiger partial charge in [-0.05, 0) is 56.2 Å². The minimum atomic E-state index is -0.115. The molecule has 1 saturated carbocycles. The summed E-state index contributed by atoms with van der Waals surface area (Å²) in [6.07, 6.45) is 5.94. The Morgan fingerprint density at radius 2 is 1.82 bits per heavy atom. The summed E-state index contributed by atoms with van der Waals surface area (Å²) in [5, 5.41) is 10.5. The number of fused-ring (bicyclic) bond motifs is 1. The van der Waals surface area contributed by atoms with Crippen molar-refractivity contribution in [1.29, 1.82) is 0 Å². The summed E-state index contributed by atoms with van der Waals surface area (Å²) >= 11 is 1.59. The topological polar surface area (TPSA) is 85.7 Å². The van der Waals surface area contributed by atoms with Gasteiger partial charge in [0.15, 0.2) is 11.0 Å². The van der Waals surface area contributed by atoms with E-state index in [2.05, 4.69) is 19.7 Å². The first-order chi connectivity index (χ1) is 16.1. The highest BCUT2D eigenvalue weighted by Crippen LogP contribution is 2.39. The van der Waals surface area contributed by atoms with Gasteiger partial charge in [0.1, 0.15) is 11.6 Å². The molecular formula is C25H27N5O2S. The molecule has 8 heteroatoms. The number of aromatic nitrogens is 5. The van der Waals surface area contributed by atoms with Crippen molar-refractivity contribution in [2.75, 3.05) is 7.11 Å². The molecule has 5 rings (SSSR count). The Morgan fingerprint density at radius 3 is 2.58 bits per heavy atom. The van der Waals surface area contributed by atoms with E-state index >= 15 is 0 Å². The van der Waals surface area contributed by atoms with Crippen molar-refractivity contribution in [3.8, 4) is 17.1 Å². The fraction of sp³-hybridized carbons (Fsp3) is 0.360. The SMILES string of the molecule is COc1ccc(-c2nnc(SC(C)c3nc4ccccc4c(=O)[nH]3)n2C2CCCCC2)cc1. The molecule has 2 heterocycles. The molecule has 4 aromatic rings. The minimum Gasteiger partial charge on any atom is -0.497 e. The highest BCUT2D eigenvalue weighted by atomic mass is 32.2. The fourth-order valence-corrected chi connectivity index (χ4v) is 5.45. The molecule has 7 nitrogen and oxygen atoms in total. The summed E-state index contributed by atoms with van der Waals surface area (Å²) in [7, 11) is 1.67. The van der Waals surface area contributed by atoms with E-state index in [0.717, 1.165) is 35.1 Å². The molecule has 1 unspecified atom stereocenters. The van der Waals surface area contributed by atoms with Crippen LogP contribution >= 0.6 is 11.8 Å². The molecule has 0 spiro atoms. The predicted octanol–water partition coefficient (Wildman–Crippen LogP) is 5.55. The van der Waals surface area contributed by atoms with Gasteiger partial charge in [-0.15, -0.1) is 10.2 Å². The number of nitrogens with one attached hydrogen (secondary N) is 1. The standard InChI is InChI=1S/C25H27N5O2S/c1-16(22-26-21-11-7-6-10-20(21)24(31)27-22)33-25-29-28-23(17-12-14-19(32-2)15-13-17)30(25)18-8-4-3-5-9-18/h6-7,10-16,18H,3-5,8-9H2,1-2H3,(H,26,27,31). The van der Waals surface area contributed by atoms with Gasteiger partial charge in [-0.3, -0.25) is 9.36 Å². The van der Waals surface area contributed by atoms with Crippen molar-refractivity contribution in [1.82, 2.24) is 24.7 Å². The molecule has 1 aliphatic carbocycles. The van der Waals surface area contributed by atoms with E-state index in [-0.39, 0.29) is 10.8 Å². The molecule has 1 atom stereocenters. The average Bonchev–Trinajstić information content (AvgIpc) is 3.28. The summed E-state index contributed by atoms with van der Waals surface area (Å²) < 4.78 is 7.61. The Kier molecular flexibility index (Phi) is 6.17. The third-order valence-electron chi connectivity index (χ3n) is 6.25. The number of rotatable bonds is 6. The van der Waals surface area contributed by atoms with Gasteiger partial charge in [-0.2, -0.15) is 0 Å². The smallest absolute Gasteiger partial charge is 0.258 e. The summed E-state index contributed by atoms with van der Waals surface area (Å²) in [5.74, 6) is 2.34. The maximum Gasteiger partial charge on any atom is 0.258 e. The van der Waals surface area contributed by atoms with Gasteiger partial charge in [0.25, 0.3) is 5.56 Å². The molecule has 0 radical (unpaired) electrons. The van der Waals surface area contributed by atoms with Crippen LogP contribution in [0.4, 0.5) is 0 Å². The van der Waals surface area contributed by atoms with Gasteiger partial charge < -0.3 is 9.72 Å². The number of benzene rings is 2. The van der Waals surface area contributed by atoms with E-state index in [9.17, 15) is 4.79 Å². The molecule has 0 amide bonds. The summed E-state index contributed by atoms with van der Waals surface area (Å²) in [6.45, 7) is 2.05. The second-order valence-electron chi connectivity index (χ2n) is 8.42. The van der Waals surface area contributed by atoms with Crippen molar-refractivity contribution in [2.24, 2.45) is 0 Å². The van der Waals surface area contributed by atoms with E-state index in [1.807, 2.05) is 49.4 Å². The van der Waals surface area contributed by atoms with Crippen LogP contribution in [0.25, 0.3) is 22.3 Å². The monoisotopic (exact) mass is 461 g/mol. The van der Waals surface area contributed by atoms with Crippen LogP contribution in [0.15, 0.2) is 58.5 Å². The van der Waals surface area contributed by atoms with Gasteiger partial charge in [0.2, 0.25) is 0 Å². The highest BCUT2D eigenvalue weighted by Gasteiger charge is 2.26. The molecule has 2 aromatic heterocycles. The fourth-order valence-electron chi connectivity index (χ4n) is 4.47. The first-order valence-corrected chi connectivity index (χ1v) is 12.3. The molecule has 0 aliphatic heterocycles. The molecule has 2 aromatic carbocycles. The normalized spacial score (nSPS) is 15.6. The molecule has 1 N–H and O–H groups in total. The van der Waals surface area contributed by atoms with Gasteiger partial charge in [-0.1, -0.05) is 43.2 Å². The maximum atomic E-state index is 12.6. The number of nitrogens with zero attached hydrogens (tertiary/aromatic N) is 4. The maximum absolute atomic E-state index is 12.6. The van der Waals surface area contributed by atoms with E-state index in [4.69, 9.17) is 9.72 Å². The molecule has 33 heavy (non-hydrogen) atoms. The van der Waals surface area contributed by atoms with Crippen molar-refractivity contribution in [3.63, 3.8) is 0 Å². The van der Waals surface area contributed by atoms with Crippen molar-refractivity contribution >= 4 is 22.7 Å². The highest BCUT2D eigenvalue weighted by molar-refractivity contribution is 7.99. The number of ether oxygens (including phenoxy) is 1. The van der Waals surface area contributed by atoms with Crippen LogP contribution in [0.1, 0.15) is 56.1 Å². The lowest BCUT2D eigenvalue weighted by Gasteiger charge is -2.26. The lowest BCUT2D eigenvalue weighted by Crippen LogP contribution is -2.16. The summed E-state index contributed by atoms with van der Waals surface area (Å²) in [5.41, 5.74) is 1.61. The van der Waals surface area contributed by atoms with Crippen LogP contribution < -0.4 is 10.3 Å². The summed E-state index contributed by atoms with van der Waals surface area (Å²) in [4.78, 5) is 20.2. The Labute approximate surface area is 196 Å². The Hall–Kier alpha value is -3.13. The van der Waals surface area contributed by atoms with Crippen LogP contribution in [0.2, 0.25) is 0 Å². The Bertz CT molecular complexity index is 1310. The quantitative estimate of drug-likeness (QED) is 0.379. The molecule has 1 fully saturated rings. The second kappa shape index (κ2) is 9.39. The first-order valence-electron chi connectivity index (χ1n) is 11.4. The third-order valence-corrected chi connectivity index (χ3v) is 7.32. The van der Waals surface area contributed by atoms with E-state index < -0.39 is 0 Å². The van der Waals surface area contributed by atoms with E-state index in [0.29, 0.717) is 22.8 Å². The number of aromatic amines is 1. The average molecular weight is 462 g/mol. The molecule has 0 bridgehead atoms. The molecule has 0 saturated heterocycles. The van der Waals surface area contributed by atoms with Crippen LogP contribution in [0, 0.1) is 0 Å². The Balaban J connectivity index is 1.50. The van der Waals surface area contributed by atoms with Crippen LogP contribution in [0.3, 0.4) is 0 Å². The number of hydrogen-bond acceptors (Lipinski definition) is 6. The predicted molar refractivity (Wildman–Crippen MR) is 131 cm³/mol. The number of methoxy groups -OCH3 is 1. The van der Waals surface area contributed by atoms with Gasteiger partial charge in [0.05, 0.1) is 23.3 Å². The van der Waals surface area contributed by atoms with Gasteiger partial charge in [0, 0.05) is 11.6 Å². The Morgan fingerprint density at radius 1 is 1.06 bits per heavy atom. The van der Waals surface area contributed by atoms with Crippen molar-refractivity contribution in [3.05, 3.63) is 64.7 Å². The van der Waals surface area contributed by atoms with Crippen LogP contribution in [-0.4, -0.2) is 31.8 Å². The van der Waals surface area contributed by atoms with Crippen LogP contribution in [0.5, 0.6) is 5.75 Å². The molecular weight excluding hydrogens is 434 g/mol. The number of hydrogen-bond donors (Lipinski definition) is 1. The van der Waals surface area contributed by atoms with Crippen molar-refractivity contribution < 1.29 is 4.74 Å². The van der Waals surface area contributed by atoms with E-state index in [1.54, 1.807) is 24.9 Å². The lowest BCUT2D eigenvalue weighted by molar-refractivity contribution is 0.339. The van der Waals surface area contributed by atoms with Gasteiger partial charge in [-0.25, -0.2) is 4.98 Å². The van der Waals surface area contributed by atoms with E-state index in [1.165, 1.54) is 19.3 Å². The minimum absolute atomic E-state index is 0.0856. The zero-order valence-corrected chi connectivity index (χ0v) is 19.6. The largest absolute Gasteiger partial charge is 0.497 e. The number of H-pyrrole nitrogens is 1. The summed E-state index contributed by atoms with van der Waals surface area (Å²) in [6, 6.07) is 15.8. The first kappa shape index (κ1) is 21.7. The number of para-hydroxylation sites is 1. The number of thioether (sulfide) groups is 1. The second-order valence-corrected chi connectivity index (χ2v) is 9.73. The van der Waals surface area contributed by atoms with Crippen molar-refractivity contribution in [2.45, 2.75) is 55.5 Å². The van der Waals surface area contributed by atoms with Gasteiger partial charge >= 0.3 is 0 Å². The third kappa shape index (κ3) is 4.39. The van der Waals surface area contributed by atoms with Crippen LogP contribution in [-0.2, 0) is 0 Å². The zero-order valence-electron chi connectivity index (χ0n) is 18.8. The molecule has 1 aliphatic rings. The lowest BCUT2D eigenvalue weighted by atomic mass is 9.95. The molecule has 170 valence electrons.